The molecule has 0 aromatic carbocycles. The number of rotatable bonds is 2. The topological polar surface area (TPSA) is 64.6 Å². The van der Waals surface area contributed by atoms with Crippen molar-refractivity contribution in [1.29, 1.82) is 0 Å². The second-order valence-electron chi connectivity index (χ2n) is 6.17. The van der Waals surface area contributed by atoms with Crippen molar-refractivity contribution in [3.05, 3.63) is 12.2 Å². The standard InChI is InChI=1S/C14H21NO4/c1-14(2,3)19-13(17)15-11-9-6-5-8(7-9)10(11)12(16)18-4/h5-6,8-11H,7H2,1-4H3,(H,15,17)/t8-,9+,10+,11-/m1/s1. The summed E-state index contributed by atoms with van der Waals surface area (Å²) >= 11 is 0. The van der Waals surface area contributed by atoms with E-state index < -0.39 is 11.7 Å². The number of allylic oxidation sites excluding steroid dienone is 1. The summed E-state index contributed by atoms with van der Waals surface area (Å²) in [6.45, 7) is 5.43. The zero-order valence-electron chi connectivity index (χ0n) is 11.8. The number of fused-ring (bicyclic) bond motifs is 2. The summed E-state index contributed by atoms with van der Waals surface area (Å²) in [5.74, 6) is -0.204. The number of nitrogens with one attached hydrogen (secondary N) is 1. The van der Waals surface area contributed by atoms with Crippen LogP contribution in [0, 0.1) is 17.8 Å². The van der Waals surface area contributed by atoms with E-state index in [1.54, 1.807) is 0 Å². The van der Waals surface area contributed by atoms with Gasteiger partial charge >= 0.3 is 12.1 Å². The fraction of sp³-hybridized carbons (Fsp3) is 0.714. The summed E-state index contributed by atoms with van der Waals surface area (Å²) in [6.07, 6.45) is 4.51. The van der Waals surface area contributed by atoms with E-state index in [9.17, 15) is 9.59 Å². The summed E-state index contributed by atoms with van der Waals surface area (Å²) in [7, 11) is 1.38. The Hall–Kier alpha value is -1.52. The van der Waals surface area contributed by atoms with Gasteiger partial charge in [-0.2, -0.15) is 0 Å². The van der Waals surface area contributed by atoms with Crippen molar-refractivity contribution >= 4 is 12.1 Å². The van der Waals surface area contributed by atoms with Crippen LogP contribution < -0.4 is 5.32 Å². The van der Waals surface area contributed by atoms with Crippen LogP contribution in [0.2, 0.25) is 0 Å². The van der Waals surface area contributed by atoms with E-state index in [1.165, 1.54) is 7.11 Å². The highest BCUT2D eigenvalue weighted by molar-refractivity contribution is 5.77. The molecule has 5 heteroatoms. The number of hydrogen-bond acceptors (Lipinski definition) is 4. The average Bonchev–Trinajstić information content (AvgIpc) is 2.85. The monoisotopic (exact) mass is 267 g/mol. The van der Waals surface area contributed by atoms with Crippen molar-refractivity contribution in [1.82, 2.24) is 5.32 Å². The van der Waals surface area contributed by atoms with Gasteiger partial charge in [0.25, 0.3) is 0 Å². The van der Waals surface area contributed by atoms with Gasteiger partial charge in [0.05, 0.1) is 19.1 Å². The molecule has 0 saturated heterocycles. The van der Waals surface area contributed by atoms with Crippen molar-refractivity contribution < 1.29 is 19.1 Å². The van der Waals surface area contributed by atoms with Crippen LogP contribution in [0.5, 0.6) is 0 Å². The minimum atomic E-state index is -0.543. The third kappa shape index (κ3) is 2.91. The second kappa shape index (κ2) is 4.87. The molecule has 0 aromatic heterocycles. The Morgan fingerprint density at radius 1 is 1.21 bits per heavy atom. The number of ether oxygens (including phenoxy) is 2. The first kappa shape index (κ1) is 13.9. The SMILES string of the molecule is COC(=O)[C@@H]1[C@H](NC(=O)OC(C)(C)C)[C@H]2C=C[C@@H]1C2. The fourth-order valence-corrected chi connectivity index (χ4v) is 2.92. The van der Waals surface area contributed by atoms with Gasteiger partial charge in [0, 0.05) is 0 Å². The normalized spacial score (nSPS) is 32.2. The Labute approximate surface area is 113 Å². The molecule has 2 aliphatic carbocycles. The number of methoxy groups -OCH3 is 1. The molecular weight excluding hydrogens is 246 g/mol. The minimum Gasteiger partial charge on any atom is -0.469 e. The van der Waals surface area contributed by atoms with Crippen LogP contribution in [0.3, 0.4) is 0 Å². The van der Waals surface area contributed by atoms with Crippen molar-refractivity contribution in [2.75, 3.05) is 7.11 Å². The number of esters is 1. The van der Waals surface area contributed by atoms with Gasteiger partial charge in [0.2, 0.25) is 0 Å². The van der Waals surface area contributed by atoms with E-state index in [2.05, 4.69) is 11.4 Å². The van der Waals surface area contributed by atoms with Gasteiger partial charge in [0.1, 0.15) is 5.60 Å². The maximum absolute atomic E-state index is 11.8. The molecule has 0 unspecified atom stereocenters. The van der Waals surface area contributed by atoms with Gasteiger partial charge in [-0.05, 0) is 39.0 Å². The van der Waals surface area contributed by atoms with Crippen LogP contribution in [0.15, 0.2) is 12.2 Å². The van der Waals surface area contributed by atoms with E-state index in [1.807, 2.05) is 26.8 Å². The Kier molecular flexibility index (Phi) is 3.56. The van der Waals surface area contributed by atoms with Gasteiger partial charge in [-0.25, -0.2) is 4.79 Å². The van der Waals surface area contributed by atoms with Crippen LogP contribution in [0.1, 0.15) is 27.2 Å². The first-order valence-corrected chi connectivity index (χ1v) is 6.57. The predicted octanol–water partition coefficient (Wildman–Crippen LogP) is 1.87. The van der Waals surface area contributed by atoms with Crippen molar-refractivity contribution in [2.45, 2.75) is 38.8 Å². The molecule has 2 rings (SSSR count). The lowest BCUT2D eigenvalue weighted by Crippen LogP contribution is -2.47. The smallest absolute Gasteiger partial charge is 0.407 e. The van der Waals surface area contributed by atoms with E-state index >= 15 is 0 Å². The first-order chi connectivity index (χ1) is 8.81. The number of carbonyl (C=O) groups is 2. The first-order valence-electron chi connectivity index (χ1n) is 6.57. The summed E-state index contributed by atoms with van der Waals surface area (Å²) < 4.78 is 10.1. The maximum atomic E-state index is 11.8. The highest BCUT2D eigenvalue weighted by Gasteiger charge is 2.49. The van der Waals surface area contributed by atoms with E-state index in [0.717, 1.165) is 6.42 Å². The Balaban J connectivity index is 2.04. The predicted molar refractivity (Wildman–Crippen MR) is 69.4 cm³/mol. The largest absolute Gasteiger partial charge is 0.469 e. The Morgan fingerprint density at radius 2 is 1.84 bits per heavy atom. The molecular formula is C14H21NO4. The molecule has 0 aromatic rings. The van der Waals surface area contributed by atoms with Gasteiger partial charge in [-0.3, -0.25) is 4.79 Å². The number of hydrogen-bond donors (Lipinski definition) is 1. The highest BCUT2D eigenvalue weighted by Crippen LogP contribution is 2.44. The second-order valence-corrected chi connectivity index (χ2v) is 6.17. The van der Waals surface area contributed by atoms with Crippen LogP contribution in [-0.2, 0) is 14.3 Å². The molecule has 106 valence electrons. The minimum absolute atomic E-state index is 0.164. The van der Waals surface area contributed by atoms with Gasteiger partial charge in [-0.1, -0.05) is 12.2 Å². The van der Waals surface area contributed by atoms with Crippen LogP contribution in [0.25, 0.3) is 0 Å². The molecule has 2 aliphatic rings. The lowest BCUT2D eigenvalue weighted by atomic mass is 9.89. The Bertz CT molecular complexity index is 410. The molecule has 1 N–H and O–H groups in total. The van der Waals surface area contributed by atoms with E-state index in [4.69, 9.17) is 9.47 Å². The molecule has 0 radical (unpaired) electrons. The molecule has 4 atom stereocenters. The molecule has 0 spiro atoms. The lowest BCUT2D eigenvalue weighted by molar-refractivity contribution is -0.147. The third-order valence-electron chi connectivity index (χ3n) is 3.62. The summed E-state index contributed by atoms with van der Waals surface area (Å²) in [5.41, 5.74) is -0.543. The number of carbonyl (C=O) groups excluding carboxylic acids is 2. The molecule has 1 fully saturated rings. The van der Waals surface area contributed by atoms with Gasteiger partial charge < -0.3 is 14.8 Å². The summed E-state index contributed by atoms with van der Waals surface area (Å²) in [4.78, 5) is 23.7. The maximum Gasteiger partial charge on any atom is 0.407 e. The third-order valence-corrected chi connectivity index (χ3v) is 3.62. The fourth-order valence-electron chi connectivity index (χ4n) is 2.92. The average molecular weight is 267 g/mol. The zero-order chi connectivity index (χ0) is 14.2. The van der Waals surface area contributed by atoms with E-state index in [0.29, 0.717) is 0 Å². The van der Waals surface area contributed by atoms with Crippen molar-refractivity contribution in [3.8, 4) is 0 Å². The number of alkyl carbamates (subject to hydrolysis) is 1. The van der Waals surface area contributed by atoms with E-state index in [-0.39, 0.29) is 29.8 Å². The molecule has 5 nitrogen and oxygen atoms in total. The summed E-state index contributed by atoms with van der Waals surface area (Å²) in [5, 5.41) is 2.82. The van der Waals surface area contributed by atoms with Gasteiger partial charge in [0.15, 0.2) is 0 Å². The molecule has 0 heterocycles. The lowest BCUT2D eigenvalue weighted by Gasteiger charge is -2.28. The number of amides is 1. The molecule has 1 saturated carbocycles. The Morgan fingerprint density at radius 3 is 2.42 bits per heavy atom. The van der Waals surface area contributed by atoms with Gasteiger partial charge in [-0.15, -0.1) is 0 Å². The quantitative estimate of drug-likeness (QED) is 0.613. The van der Waals surface area contributed by atoms with Crippen molar-refractivity contribution in [3.63, 3.8) is 0 Å². The zero-order valence-corrected chi connectivity index (χ0v) is 11.8. The molecule has 2 bridgehead atoms. The molecule has 19 heavy (non-hydrogen) atoms. The van der Waals surface area contributed by atoms with Crippen LogP contribution >= 0.6 is 0 Å². The van der Waals surface area contributed by atoms with Crippen LogP contribution in [-0.4, -0.2) is 30.8 Å². The molecule has 1 amide bonds. The highest BCUT2D eigenvalue weighted by atomic mass is 16.6. The molecule has 0 aliphatic heterocycles. The van der Waals surface area contributed by atoms with Crippen molar-refractivity contribution in [2.24, 2.45) is 17.8 Å². The summed E-state index contributed by atoms with van der Waals surface area (Å²) in [6, 6.07) is -0.225. The van der Waals surface area contributed by atoms with Crippen LogP contribution in [0.4, 0.5) is 4.79 Å².